The van der Waals surface area contributed by atoms with E-state index in [0.29, 0.717) is 11.3 Å². The molecule has 7 heteroatoms. The largest absolute Gasteiger partial charge is 0.370 e. The Bertz CT molecular complexity index is 475. The predicted molar refractivity (Wildman–Crippen MR) is 66.9 cm³/mol. The van der Waals surface area contributed by atoms with Gasteiger partial charge in [-0.15, -0.1) is 0 Å². The molecule has 0 aliphatic heterocycles. The van der Waals surface area contributed by atoms with Crippen molar-refractivity contribution < 1.29 is 4.79 Å². The summed E-state index contributed by atoms with van der Waals surface area (Å²) in [6.07, 6.45) is 0. The summed E-state index contributed by atoms with van der Waals surface area (Å²) < 4.78 is 0. The van der Waals surface area contributed by atoms with Crippen molar-refractivity contribution >= 4 is 23.5 Å². The average molecular weight is 234 g/mol. The Hall–Kier alpha value is -2.57. The van der Waals surface area contributed by atoms with Crippen LogP contribution in [0.15, 0.2) is 34.3 Å². The van der Waals surface area contributed by atoms with E-state index in [1.54, 1.807) is 24.3 Å². The summed E-state index contributed by atoms with van der Waals surface area (Å²) in [6.45, 7) is 0. The lowest BCUT2D eigenvalue weighted by atomic mass is 10.1. The Balaban J connectivity index is 3.15. The van der Waals surface area contributed by atoms with Gasteiger partial charge in [-0.05, 0) is 12.1 Å². The van der Waals surface area contributed by atoms with Gasteiger partial charge in [0.15, 0.2) is 5.96 Å². The highest BCUT2D eigenvalue weighted by Gasteiger charge is 2.08. The zero-order chi connectivity index (χ0) is 12.8. The number of benzene rings is 1. The number of nitrogens with zero attached hydrogens (tertiary/aromatic N) is 2. The molecular weight excluding hydrogens is 220 g/mol. The van der Waals surface area contributed by atoms with Crippen LogP contribution >= 0.6 is 0 Å². The maximum absolute atomic E-state index is 11.5. The topological polar surface area (TPSA) is 132 Å². The fraction of sp³-hybridized carbons (Fsp3) is 0.100. The third-order valence-electron chi connectivity index (χ3n) is 1.85. The summed E-state index contributed by atoms with van der Waals surface area (Å²) >= 11 is 0. The summed E-state index contributed by atoms with van der Waals surface area (Å²) in [7, 11) is 1.53. The number of carbonyl (C=O) groups excluding carboxylic acids is 1. The van der Waals surface area contributed by atoms with Crippen LogP contribution in [-0.4, -0.2) is 24.9 Å². The first kappa shape index (κ1) is 12.5. The van der Waals surface area contributed by atoms with Crippen molar-refractivity contribution in [3.63, 3.8) is 0 Å². The van der Waals surface area contributed by atoms with Crippen molar-refractivity contribution in [1.82, 2.24) is 5.32 Å². The van der Waals surface area contributed by atoms with Gasteiger partial charge in [-0.1, -0.05) is 12.1 Å². The fourth-order valence-corrected chi connectivity index (χ4v) is 1.18. The summed E-state index contributed by atoms with van der Waals surface area (Å²) in [4.78, 5) is 19.1. The normalized spacial score (nSPS) is 10.8. The molecule has 1 aromatic rings. The van der Waals surface area contributed by atoms with Crippen LogP contribution in [0.5, 0.6) is 0 Å². The number of rotatable bonds is 2. The quantitative estimate of drug-likeness (QED) is 0.396. The molecule has 0 radical (unpaired) electrons. The van der Waals surface area contributed by atoms with Crippen molar-refractivity contribution in [3.8, 4) is 0 Å². The number of para-hydroxylation sites is 1. The molecule has 0 atom stereocenters. The van der Waals surface area contributed by atoms with E-state index < -0.39 is 0 Å². The van der Waals surface area contributed by atoms with Crippen LogP contribution in [0.25, 0.3) is 0 Å². The monoisotopic (exact) mass is 234 g/mol. The first-order valence-corrected chi connectivity index (χ1v) is 4.79. The molecule has 7 nitrogen and oxygen atoms in total. The van der Waals surface area contributed by atoms with E-state index in [9.17, 15) is 4.79 Å². The molecule has 0 spiro atoms. The zero-order valence-corrected chi connectivity index (χ0v) is 9.34. The van der Waals surface area contributed by atoms with Crippen LogP contribution in [0, 0.1) is 0 Å². The van der Waals surface area contributed by atoms with Gasteiger partial charge in [0.05, 0.1) is 11.3 Å². The van der Waals surface area contributed by atoms with Crippen molar-refractivity contribution in [2.24, 2.45) is 27.2 Å². The summed E-state index contributed by atoms with van der Waals surface area (Å²) in [5, 5.41) is 2.50. The Morgan fingerprint density at radius 1 is 1.24 bits per heavy atom. The van der Waals surface area contributed by atoms with Crippen LogP contribution in [0.3, 0.4) is 0 Å². The zero-order valence-electron chi connectivity index (χ0n) is 9.34. The van der Waals surface area contributed by atoms with Crippen LogP contribution in [0.2, 0.25) is 0 Å². The molecule has 0 aromatic heterocycles. The van der Waals surface area contributed by atoms with Crippen LogP contribution in [0.1, 0.15) is 10.4 Å². The minimum absolute atomic E-state index is 0.110. The van der Waals surface area contributed by atoms with Gasteiger partial charge in [0.2, 0.25) is 5.96 Å². The Morgan fingerprint density at radius 3 is 2.47 bits per heavy atom. The predicted octanol–water partition coefficient (Wildman–Crippen LogP) is -0.734. The Morgan fingerprint density at radius 2 is 1.88 bits per heavy atom. The maximum atomic E-state index is 11.5. The highest BCUT2D eigenvalue weighted by Crippen LogP contribution is 2.18. The first-order chi connectivity index (χ1) is 8.04. The molecule has 1 aromatic carbocycles. The standard InChI is InChI=1S/C10H14N6O/c1-14-8(17)6-4-2-3-5-7(6)15-10(13)16-9(11)12/h2-5H,1H3,(H,14,17)(H6,11,12,13,15,16). The molecule has 0 heterocycles. The van der Waals surface area contributed by atoms with Crippen LogP contribution in [0.4, 0.5) is 5.69 Å². The van der Waals surface area contributed by atoms with E-state index in [4.69, 9.17) is 17.2 Å². The van der Waals surface area contributed by atoms with E-state index in [0.717, 1.165) is 0 Å². The second kappa shape index (κ2) is 5.50. The van der Waals surface area contributed by atoms with Crippen molar-refractivity contribution in [1.29, 1.82) is 0 Å². The lowest BCUT2D eigenvalue weighted by molar-refractivity contribution is 0.0964. The van der Waals surface area contributed by atoms with Gasteiger partial charge in [-0.2, -0.15) is 4.99 Å². The third kappa shape index (κ3) is 3.49. The van der Waals surface area contributed by atoms with Gasteiger partial charge in [0.1, 0.15) is 0 Å². The number of nitrogens with one attached hydrogen (secondary N) is 1. The Kier molecular flexibility index (Phi) is 4.04. The van der Waals surface area contributed by atoms with E-state index in [-0.39, 0.29) is 17.8 Å². The number of amides is 1. The summed E-state index contributed by atoms with van der Waals surface area (Å²) in [6, 6.07) is 6.72. The number of nitrogens with two attached hydrogens (primary N) is 3. The van der Waals surface area contributed by atoms with Gasteiger partial charge in [-0.3, -0.25) is 4.79 Å². The highest BCUT2D eigenvalue weighted by molar-refractivity contribution is 6.00. The summed E-state index contributed by atoms with van der Waals surface area (Å²) in [5.74, 6) is -0.563. The van der Waals surface area contributed by atoms with Gasteiger partial charge in [-0.25, -0.2) is 4.99 Å². The smallest absolute Gasteiger partial charge is 0.253 e. The molecule has 0 bridgehead atoms. The molecular formula is C10H14N6O. The average Bonchev–Trinajstić information content (AvgIpc) is 2.27. The number of hydrogen-bond donors (Lipinski definition) is 4. The molecule has 0 saturated carbocycles. The van der Waals surface area contributed by atoms with Gasteiger partial charge in [0.25, 0.3) is 5.91 Å². The number of guanidine groups is 2. The number of carbonyl (C=O) groups is 1. The molecule has 90 valence electrons. The molecule has 1 amide bonds. The van der Waals surface area contributed by atoms with E-state index in [2.05, 4.69) is 15.3 Å². The summed E-state index contributed by atoms with van der Waals surface area (Å²) in [5.41, 5.74) is 16.6. The van der Waals surface area contributed by atoms with Crippen molar-refractivity contribution in [2.75, 3.05) is 7.05 Å². The Labute approximate surface area is 98.4 Å². The fourth-order valence-electron chi connectivity index (χ4n) is 1.18. The third-order valence-corrected chi connectivity index (χ3v) is 1.85. The number of hydrogen-bond acceptors (Lipinski definition) is 2. The minimum atomic E-state index is -0.262. The molecule has 0 saturated heterocycles. The number of aliphatic imine (C=N–C) groups is 2. The van der Waals surface area contributed by atoms with E-state index >= 15 is 0 Å². The van der Waals surface area contributed by atoms with Crippen LogP contribution < -0.4 is 22.5 Å². The van der Waals surface area contributed by atoms with Crippen molar-refractivity contribution in [2.45, 2.75) is 0 Å². The lowest BCUT2D eigenvalue weighted by Crippen LogP contribution is -2.26. The van der Waals surface area contributed by atoms with Crippen molar-refractivity contribution in [3.05, 3.63) is 29.8 Å². The maximum Gasteiger partial charge on any atom is 0.253 e. The molecule has 1 rings (SSSR count). The lowest BCUT2D eigenvalue weighted by Gasteiger charge is -2.03. The molecule has 0 aliphatic carbocycles. The van der Waals surface area contributed by atoms with E-state index in [1.165, 1.54) is 7.05 Å². The second-order valence-corrected chi connectivity index (χ2v) is 3.10. The highest BCUT2D eigenvalue weighted by atomic mass is 16.1. The first-order valence-electron chi connectivity index (χ1n) is 4.79. The molecule has 0 aliphatic rings. The van der Waals surface area contributed by atoms with Crippen LogP contribution in [-0.2, 0) is 0 Å². The second-order valence-electron chi connectivity index (χ2n) is 3.10. The SMILES string of the molecule is CNC(=O)c1ccccc1N=C(N)N=C(N)N. The molecule has 7 N–H and O–H groups in total. The van der Waals surface area contributed by atoms with E-state index in [1.807, 2.05) is 0 Å². The molecule has 17 heavy (non-hydrogen) atoms. The van der Waals surface area contributed by atoms with Gasteiger partial charge < -0.3 is 22.5 Å². The minimum Gasteiger partial charge on any atom is -0.370 e. The molecule has 0 unspecified atom stereocenters. The van der Waals surface area contributed by atoms with Gasteiger partial charge >= 0.3 is 0 Å². The molecule has 0 fully saturated rings. The van der Waals surface area contributed by atoms with Gasteiger partial charge in [0, 0.05) is 7.05 Å².